The molecule has 0 aliphatic rings. The van der Waals surface area contributed by atoms with Gasteiger partial charge in [-0.2, -0.15) is 0 Å². The highest BCUT2D eigenvalue weighted by Gasteiger charge is 2.04. The molecule has 0 N–H and O–H groups in total. The number of aromatic nitrogens is 2. The highest BCUT2D eigenvalue weighted by molar-refractivity contribution is 5.12. The molecule has 0 saturated carbocycles. The standard InChI is InChI=1S/C26H48N2/c1-4-7-9-11-13-15-17-19-21-24-23-25(28-26(6-3)27-24)22-20-18-16-14-12-10-8-5-2/h23H,4-22H2,1-3H3. The van der Waals surface area contributed by atoms with Crippen molar-refractivity contribution in [3.05, 3.63) is 23.3 Å². The molecule has 0 aliphatic heterocycles. The van der Waals surface area contributed by atoms with Crippen molar-refractivity contribution in [2.75, 3.05) is 0 Å². The topological polar surface area (TPSA) is 25.8 Å². The molecule has 0 atom stereocenters. The predicted molar refractivity (Wildman–Crippen MR) is 124 cm³/mol. The average molecular weight is 389 g/mol. The van der Waals surface area contributed by atoms with Crippen molar-refractivity contribution in [1.29, 1.82) is 0 Å². The SMILES string of the molecule is CCCCCCCCCCc1cc(CCCCCCCCCC)nc(CC)n1. The van der Waals surface area contributed by atoms with Crippen molar-refractivity contribution in [1.82, 2.24) is 9.97 Å². The molecule has 1 rings (SSSR count). The summed E-state index contributed by atoms with van der Waals surface area (Å²) in [5.41, 5.74) is 2.57. The first-order valence-corrected chi connectivity index (χ1v) is 12.7. The van der Waals surface area contributed by atoms with Gasteiger partial charge in [0.15, 0.2) is 0 Å². The Bertz CT molecular complexity index is 431. The van der Waals surface area contributed by atoms with Crippen LogP contribution in [0.5, 0.6) is 0 Å². The monoisotopic (exact) mass is 388 g/mol. The fourth-order valence-electron chi connectivity index (χ4n) is 3.91. The van der Waals surface area contributed by atoms with E-state index in [1.165, 1.54) is 114 Å². The minimum atomic E-state index is 0.954. The van der Waals surface area contributed by atoms with Crippen LogP contribution >= 0.6 is 0 Å². The lowest BCUT2D eigenvalue weighted by Gasteiger charge is -2.08. The smallest absolute Gasteiger partial charge is 0.128 e. The minimum Gasteiger partial charge on any atom is -0.238 e. The molecule has 1 heterocycles. The molecule has 0 spiro atoms. The Morgan fingerprint density at radius 2 is 0.857 bits per heavy atom. The minimum absolute atomic E-state index is 0.954. The molecule has 0 fully saturated rings. The number of hydrogen-bond donors (Lipinski definition) is 0. The molecule has 0 saturated heterocycles. The van der Waals surface area contributed by atoms with Crippen molar-refractivity contribution < 1.29 is 0 Å². The summed E-state index contributed by atoms with van der Waals surface area (Å²) in [6.07, 6.45) is 25.3. The van der Waals surface area contributed by atoms with Crippen LogP contribution in [0.3, 0.4) is 0 Å². The van der Waals surface area contributed by atoms with Crippen LogP contribution in [0.4, 0.5) is 0 Å². The number of unbranched alkanes of at least 4 members (excludes halogenated alkanes) is 14. The van der Waals surface area contributed by atoms with E-state index >= 15 is 0 Å². The fourth-order valence-corrected chi connectivity index (χ4v) is 3.91. The first kappa shape index (κ1) is 25.1. The van der Waals surface area contributed by atoms with Gasteiger partial charge in [0.1, 0.15) is 5.82 Å². The fraction of sp³-hybridized carbons (Fsp3) is 0.846. The van der Waals surface area contributed by atoms with E-state index in [1.807, 2.05) is 0 Å². The van der Waals surface area contributed by atoms with Gasteiger partial charge in [-0.05, 0) is 31.7 Å². The van der Waals surface area contributed by atoms with E-state index < -0.39 is 0 Å². The molecule has 0 aromatic carbocycles. The molecular formula is C26H48N2. The Labute approximate surface area is 176 Å². The predicted octanol–water partition coefficient (Wildman–Crippen LogP) is 8.41. The first-order valence-electron chi connectivity index (χ1n) is 12.7. The summed E-state index contributed by atoms with van der Waals surface area (Å²) in [4.78, 5) is 9.57. The Hall–Kier alpha value is -0.920. The highest BCUT2D eigenvalue weighted by Crippen LogP contribution is 2.14. The van der Waals surface area contributed by atoms with Crippen molar-refractivity contribution >= 4 is 0 Å². The van der Waals surface area contributed by atoms with Crippen LogP contribution < -0.4 is 0 Å². The van der Waals surface area contributed by atoms with Crippen LogP contribution in [0.25, 0.3) is 0 Å². The van der Waals surface area contributed by atoms with Crippen molar-refractivity contribution in [2.24, 2.45) is 0 Å². The van der Waals surface area contributed by atoms with E-state index in [-0.39, 0.29) is 0 Å². The molecule has 0 amide bonds. The summed E-state index contributed by atoms with van der Waals surface area (Å²) in [6.45, 7) is 6.75. The van der Waals surface area contributed by atoms with Gasteiger partial charge in [0, 0.05) is 17.8 Å². The normalized spacial score (nSPS) is 11.2. The Kier molecular flexibility index (Phi) is 16.3. The Balaban J connectivity index is 2.22. The third kappa shape index (κ3) is 13.3. The quantitative estimate of drug-likeness (QED) is 0.222. The molecule has 2 nitrogen and oxygen atoms in total. The molecule has 1 aromatic heterocycles. The molecule has 1 aromatic rings. The number of hydrogen-bond acceptors (Lipinski definition) is 2. The van der Waals surface area contributed by atoms with E-state index in [2.05, 4.69) is 26.8 Å². The van der Waals surface area contributed by atoms with Crippen LogP contribution in [0.2, 0.25) is 0 Å². The zero-order valence-corrected chi connectivity index (χ0v) is 19.4. The zero-order valence-electron chi connectivity index (χ0n) is 19.4. The van der Waals surface area contributed by atoms with Gasteiger partial charge in [0.25, 0.3) is 0 Å². The van der Waals surface area contributed by atoms with Crippen LogP contribution in [0, 0.1) is 0 Å². The third-order valence-corrected chi connectivity index (χ3v) is 5.77. The lowest BCUT2D eigenvalue weighted by Crippen LogP contribution is -2.03. The summed E-state index contributed by atoms with van der Waals surface area (Å²) < 4.78 is 0. The summed E-state index contributed by atoms with van der Waals surface area (Å²) in [5, 5.41) is 0. The van der Waals surface area contributed by atoms with Gasteiger partial charge >= 0.3 is 0 Å². The lowest BCUT2D eigenvalue weighted by molar-refractivity contribution is 0.570. The molecule has 0 radical (unpaired) electrons. The average Bonchev–Trinajstić information content (AvgIpc) is 2.71. The second-order valence-electron chi connectivity index (χ2n) is 8.57. The maximum atomic E-state index is 4.79. The first-order chi connectivity index (χ1) is 13.8. The van der Waals surface area contributed by atoms with Crippen molar-refractivity contribution in [2.45, 2.75) is 143 Å². The van der Waals surface area contributed by atoms with Crippen molar-refractivity contribution in [3.8, 4) is 0 Å². The van der Waals surface area contributed by atoms with Gasteiger partial charge < -0.3 is 0 Å². The van der Waals surface area contributed by atoms with Gasteiger partial charge in [-0.25, -0.2) is 9.97 Å². The second kappa shape index (κ2) is 18.1. The molecule has 0 bridgehead atoms. The van der Waals surface area contributed by atoms with Gasteiger partial charge in [-0.1, -0.05) is 111 Å². The molecule has 162 valence electrons. The van der Waals surface area contributed by atoms with Crippen LogP contribution in [0.1, 0.15) is 141 Å². The van der Waals surface area contributed by atoms with Crippen LogP contribution in [-0.2, 0) is 19.3 Å². The maximum Gasteiger partial charge on any atom is 0.128 e. The molecule has 28 heavy (non-hydrogen) atoms. The van der Waals surface area contributed by atoms with E-state index in [9.17, 15) is 0 Å². The van der Waals surface area contributed by atoms with Gasteiger partial charge in [0.2, 0.25) is 0 Å². The summed E-state index contributed by atoms with van der Waals surface area (Å²) >= 11 is 0. The van der Waals surface area contributed by atoms with Crippen LogP contribution in [0.15, 0.2) is 6.07 Å². The molecular weight excluding hydrogens is 340 g/mol. The number of nitrogens with zero attached hydrogens (tertiary/aromatic N) is 2. The van der Waals surface area contributed by atoms with E-state index in [4.69, 9.17) is 9.97 Å². The van der Waals surface area contributed by atoms with E-state index in [1.54, 1.807) is 0 Å². The lowest BCUT2D eigenvalue weighted by atomic mass is 10.0. The van der Waals surface area contributed by atoms with E-state index in [0.29, 0.717) is 0 Å². The highest BCUT2D eigenvalue weighted by atomic mass is 14.9. The molecule has 2 heteroatoms. The third-order valence-electron chi connectivity index (χ3n) is 5.77. The van der Waals surface area contributed by atoms with Crippen LogP contribution in [-0.4, -0.2) is 9.97 Å². The summed E-state index contributed by atoms with van der Waals surface area (Å²) in [7, 11) is 0. The number of aryl methyl sites for hydroxylation is 3. The Morgan fingerprint density at radius 3 is 1.21 bits per heavy atom. The summed E-state index contributed by atoms with van der Waals surface area (Å²) in [5.74, 6) is 1.05. The van der Waals surface area contributed by atoms with Crippen molar-refractivity contribution in [3.63, 3.8) is 0 Å². The second-order valence-corrected chi connectivity index (χ2v) is 8.57. The molecule has 0 aliphatic carbocycles. The van der Waals surface area contributed by atoms with Gasteiger partial charge in [-0.15, -0.1) is 0 Å². The largest absolute Gasteiger partial charge is 0.238 e. The van der Waals surface area contributed by atoms with Gasteiger partial charge in [0.05, 0.1) is 0 Å². The molecule has 0 unspecified atom stereocenters. The zero-order chi connectivity index (χ0) is 20.3. The Morgan fingerprint density at radius 1 is 0.500 bits per heavy atom. The maximum absolute atomic E-state index is 4.79. The van der Waals surface area contributed by atoms with E-state index in [0.717, 1.165) is 25.1 Å². The summed E-state index contributed by atoms with van der Waals surface area (Å²) in [6, 6.07) is 2.29. The number of rotatable bonds is 19. The van der Waals surface area contributed by atoms with Gasteiger partial charge in [-0.3, -0.25) is 0 Å².